The fourth-order valence-corrected chi connectivity index (χ4v) is 2.03. The van der Waals surface area contributed by atoms with E-state index in [1.54, 1.807) is 6.07 Å². The molecule has 0 unspecified atom stereocenters. The molecule has 5 heteroatoms. The second kappa shape index (κ2) is 4.31. The molecule has 0 aliphatic heterocycles. The zero-order valence-corrected chi connectivity index (χ0v) is 8.58. The number of aryl methyl sites for hydroxylation is 1. The summed E-state index contributed by atoms with van der Waals surface area (Å²) in [5.41, 5.74) is 5.63. The zero-order chi connectivity index (χ0) is 10.8. The first-order chi connectivity index (χ1) is 6.38. The Bertz CT molecular complexity index is 292. The van der Waals surface area contributed by atoms with Crippen molar-refractivity contribution in [3.8, 4) is 0 Å². The SMILES string of the molecule is Cc1ccc([C@H](N)CCC(F)(F)F)s1. The van der Waals surface area contributed by atoms with Crippen molar-refractivity contribution in [3.63, 3.8) is 0 Å². The molecule has 1 aromatic rings. The lowest BCUT2D eigenvalue weighted by atomic mass is 10.1. The standard InChI is InChI=1S/C9H12F3NS/c1-6-2-3-8(14-6)7(13)4-5-9(10,11)12/h2-3,7H,4-5,13H2,1H3/t7-/m1/s1. The van der Waals surface area contributed by atoms with Crippen LogP contribution in [-0.4, -0.2) is 6.18 Å². The van der Waals surface area contributed by atoms with Crippen molar-refractivity contribution >= 4 is 11.3 Å². The number of hydrogen-bond donors (Lipinski definition) is 1. The van der Waals surface area contributed by atoms with Crippen LogP contribution in [0.4, 0.5) is 13.2 Å². The zero-order valence-electron chi connectivity index (χ0n) is 7.77. The largest absolute Gasteiger partial charge is 0.389 e. The summed E-state index contributed by atoms with van der Waals surface area (Å²) in [5.74, 6) is 0. The summed E-state index contributed by atoms with van der Waals surface area (Å²) in [6, 6.07) is 3.17. The molecule has 0 saturated carbocycles. The maximum Gasteiger partial charge on any atom is 0.389 e. The van der Waals surface area contributed by atoms with Crippen molar-refractivity contribution in [1.29, 1.82) is 0 Å². The Balaban J connectivity index is 2.47. The number of nitrogens with two attached hydrogens (primary N) is 1. The second-order valence-electron chi connectivity index (χ2n) is 3.21. The molecule has 1 atom stereocenters. The Kier molecular flexibility index (Phi) is 3.55. The van der Waals surface area contributed by atoms with Gasteiger partial charge in [0.05, 0.1) is 0 Å². The summed E-state index contributed by atoms with van der Waals surface area (Å²) >= 11 is 1.45. The van der Waals surface area contributed by atoms with Crippen molar-refractivity contribution in [2.45, 2.75) is 32.0 Å². The van der Waals surface area contributed by atoms with E-state index in [-0.39, 0.29) is 6.42 Å². The molecule has 1 nitrogen and oxygen atoms in total. The molecular weight excluding hydrogens is 211 g/mol. The molecule has 80 valence electrons. The normalized spacial score (nSPS) is 14.4. The maximum absolute atomic E-state index is 11.9. The van der Waals surface area contributed by atoms with Crippen molar-refractivity contribution in [2.24, 2.45) is 5.73 Å². The molecule has 0 aliphatic rings. The van der Waals surface area contributed by atoms with E-state index in [9.17, 15) is 13.2 Å². The number of thiophene rings is 1. The van der Waals surface area contributed by atoms with Gasteiger partial charge in [-0.25, -0.2) is 0 Å². The van der Waals surface area contributed by atoms with Crippen molar-refractivity contribution in [3.05, 3.63) is 21.9 Å². The lowest BCUT2D eigenvalue weighted by Gasteiger charge is -2.11. The van der Waals surface area contributed by atoms with Crippen LogP contribution < -0.4 is 5.73 Å². The molecule has 2 N–H and O–H groups in total. The van der Waals surface area contributed by atoms with Crippen molar-refractivity contribution < 1.29 is 13.2 Å². The van der Waals surface area contributed by atoms with Gasteiger partial charge < -0.3 is 5.73 Å². The molecule has 0 bridgehead atoms. The third-order valence-electron chi connectivity index (χ3n) is 1.87. The summed E-state index contributed by atoms with van der Waals surface area (Å²) in [6.45, 7) is 1.91. The van der Waals surface area contributed by atoms with Crippen LogP contribution in [0.25, 0.3) is 0 Å². The molecule has 0 aliphatic carbocycles. The molecule has 0 fully saturated rings. The molecular formula is C9H12F3NS. The van der Waals surface area contributed by atoms with E-state index in [0.717, 1.165) is 9.75 Å². The van der Waals surface area contributed by atoms with Gasteiger partial charge in [0.15, 0.2) is 0 Å². The quantitative estimate of drug-likeness (QED) is 0.835. The minimum absolute atomic E-state index is 0.0382. The van der Waals surface area contributed by atoms with Crippen LogP contribution in [0.1, 0.15) is 28.6 Å². The van der Waals surface area contributed by atoms with Gasteiger partial charge in [-0.3, -0.25) is 0 Å². The molecule has 0 saturated heterocycles. The van der Waals surface area contributed by atoms with E-state index in [1.807, 2.05) is 13.0 Å². The lowest BCUT2D eigenvalue weighted by molar-refractivity contribution is -0.136. The van der Waals surface area contributed by atoms with E-state index in [4.69, 9.17) is 5.73 Å². The molecule has 0 aromatic carbocycles. The Hall–Kier alpha value is -0.550. The van der Waals surface area contributed by atoms with Gasteiger partial charge in [-0.05, 0) is 25.5 Å². The number of alkyl halides is 3. The van der Waals surface area contributed by atoms with Crippen LogP contribution in [0.2, 0.25) is 0 Å². The van der Waals surface area contributed by atoms with E-state index >= 15 is 0 Å². The molecule has 14 heavy (non-hydrogen) atoms. The monoisotopic (exact) mass is 223 g/mol. The highest BCUT2D eigenvalue weighted by Crippen LogP contribution is 2.29. The van der Waals surface area contributed by atoms with Gasteiger partial charge in [0, 0.05) is 22.2 Å². The second-order valence-corrected chi connectivity index (χ2v) is 4.53. The molecule has 1 rings (SSSR count). The van der Waals surface area contributed by atoms with Gasteiger partial charge in [-0.2, -0.15) is 13.2 Å². The summed E-state index contributed by atoms with van der Waals surface area (Å²) in [4.78, 5) is 1.90. The highest BCUT2D eigenvalue weighted by Gasteiger charge is 2.27. The third-order valence-corrected chi connectivity index (χ3v) is 3.00. The number of halogens is 3. The molecule has 0 radical (unpaired) electrons. The fourth-order valence-electron chi connectivity index (χ4n) is 1.11. The number of hydrogen-bond acceptors (Lipinski definition) is 2. The van der Waals surface area contributed by atoms with Gasteiger partial charge in [0.2, 0.25) is 0 Å². The molecule has 0 amide bonds. The molecule has 1 heterocycles. The van der Waals surface area contributed by atoms with Crippen LogP contribution in [0, 0.1) is 6.92 Å². The smallest absolute Gasteiger partial charge is 0.323 e. The Labute approximate surface area is 84.7 Å². The average Bonchev–Trinajstić information content (AvgIpc) is 2.46. The Morgan fingerprint density at radius 1 is 1.43 bits per heavy atom. The maximum atomic E-state index is 11.9. The van der Waals surface area contributed by atoms with Crippen LogP contribution in [0.15, 0.2) is 12.1 Å². The summed E-state index contributed by atoms with van der Waals surface area (Å²) in [5, 5.41) is 0. The number of rotatable bonds is 3. The molecule has 0 spiro atoms. The van der Waals surface area contributed by atoms with E-state index in [0.29, 0.717) is 0 Å². The van der Waals surface area contributed by atoms with Gasteiger partial charge in [0.25, 0.3) is 0 Å². The average molecular weight is 223 g/mol. The fraction of sp³-hybridized carbons (Fsp3) is 0.556. The van der Waals surface area contributed by atoms with Crippen LogP contribution in [0.5, 0.6) is 0 Å². The van der Waals surface area contributed by atoms with Crippen molar-refractivity contribution in [1.82, 2.24) is 0 Å². The summed E-state index contributed by atoms with van der Waals surface area (Å²) in [7, 11) is 0. The highest BCUT2D eigenvalue weighted by atomic mass is 32.1. The minimum Gasteiger partial charge on any atom is -0.323 e. The topological polar surface area (TPSA) is 26.0 Å². The molecule has 1 aromatic heterocycles. The van der Waals surface area contributed by atoms with Crippen LogP contribution in [0.3, 0.4) is 0 Å². The summed E-state index contributed by atoms with van der Waals surface area (Å²) < 4.78 is 35.7. The van der Waals surface area contributed by atoms with Gasteiger partial charge >= 0.3 is 6.18 Å². The predicted molar refractivity (Wildman–Crippen MR) is 51.3 cm³/mol. The lowest BCUT2D eigenvalue weighted by Crippen LogP contribution is -2.14. The minimum atomic E-state index is -4.11. The van der Waals surface area contributed by atoms with Crippen LogP contribution in [-0.2, 0) is 0 Å². The predicted octanol–water partition coefficient (Wildman–Crippen LogP) is 3.40. The van der Waals surface area contributed by atoms with Crippen molar-refractivity contribution in [2.75, 3.05) is 0 Å². The first kappa shape index (κ1) is 11.5. The van der Waals surface area contributed by atoms with Gasteiger partial charge in [0.1, 0.15) is 0 Å². The summed E-state index contributed by atoms with van der Waals surface area (Å²) in [6.07, 6.45) is -4.96. The first-order valence-electron chi connectivity index (χ1n) is 4.27. The Morgan fingerprint density at radius 3 is 2.50 bits per heavy atom. The first-order valence-corrected chi connectivity index (χ1v) is 5.09. The van der Waals surface area contributed by atoms with Gasteiger partial charge in [-0.1, -0.05) is 0 Å². The van der Waals surface area contributed by atoms with E-state index < -0.39 is 18.6 Å². The third kappa shape index (κ3) is 3.67. The van der Waals surface area contributed by atoms with Gasteiger partial charge in [-0.15, -0.1) is 11.3 Å². The Morgan fingerprint density at radius 2 is 2.07 bits per heavy atom. The van der Waals surface area contributed by atoms with Crippen LogP contribution >= 0.6 is 11.3 Å². The highest BCUT2D eigenvalue weighted by molar-refractivity contribution is 7.12. The van der Waals surface area contributed by atoms with E-state index in [2.05, 4.69) is 0 Å². The van der Waals surface area contributed by atoms with E-state index in [1.165, 1.54) is 11.3 Å².